The zero-order valence-electron chi connectivity index (χ0n) is 16.1. The fourth-order valence-electron chi connectivity index (χ4n) is 2.92. The van der Waals surface area contributed by atoms with E-state index in [1.165, 1.54) is 44.9 Å². The molecule has 24 heavy (non-hydrogen) atoms. The Balaban J connectivity index is 0. The molecule has 1 atom stereocenters. The van der Waals surface area contributed by atoms with Crippen molar-refractivity contribution in [2.75, 3.05) is 6.54 Å². The standard InChI is InChI=1S/C17H30N2O4.Na.H/c1-2-3-4-5-6-7-8-9-10-11-12-17(16(22)23)13-18-14(19-17)15(20)21;;/h2-13H2,1H3,(H,18,19)(H,20,21)(H,22,23);;/q;+1;-1. The second kappa shape index (κ2) is 12.7. The van der Waals surface area contributed by atoms with E-state index in [4.69, 9.17) is 5.11 Å². The molecule has 7 heteroatoms. The largest absolute Gasteiger partial charge is 1.00 e. The summed E-state index contributed by atoms with van der Waals surface area (Å²) in [6.07, 6.45) is 12.2. The number of aliphatic imine (C=N–C) groups is 1. The second-order valence-corrected chi connectivity index (χ2v) is 6.41. The monoisotopic (exact) mass is 350 g/mol. The van der Waals surface area contributed by atoms with Gasteiger partial charge in [0.25, 0.3) is 0 Å². The molecule has 0 aromatic rings. The molecule has 1 heterocycles. The van der Waals surface area contributed by atoms with E-state index >= 15 is 0 Å². The first-order valence-electron chi connectivity index (χ1n) is 8.81. The molecule has 6 nitrogen and oxygen atoms in total. The van der Waals surface area contributed by atoms with Crippen molar-refractivity contribution in [1.29, 1.82) is 0 Å². The third-order valence-electron chi connectivity index (χ3n) is 4.43. The summed E-state index contributed by atoms with van der Waals surface area (Å²) in [4.78, 5) is 26.1. The maximum Gasteiger partial charge on any atom is 1.00 e. The summed E-state index contributed by atoms with van der Waals surface area (Å²) in [5, 5.41) is 20.9. The van der Waals surface area contributed by atoms with E-state index in [0.29, 0.717) is 6.42 Å². The summed E-state index contributed by atoms with van der Waals surface area (Å²) in [5.41, 5.74) is -1.23. The Labute approximate surface area is 168 Å². The Morgan fingerprint density at radius 1 is 1.04 bits per heavy atom. The number of unbranched alkanes of at least 4 members (excludes halogenated alkanes) is 9. The second-order valence-electron chi connectivity index (χ2n) is 6.41. The smallest absolute Gasteiger partial charge is 1.00 e. The maximum atomic E-state index is 11.5. The summed E-state index contributed by atoms with van der Waals surface area (Å²) in [5.74, 6) is -2.45. The number of nitrogens with one attached hydrogen (secondary N) is 1. The Hall–Kier alpha value is -0.590. The van der Waals surface area contributed by atoms with E-state index in [0.717, 1.165) is 19.3 Å². The Bertz CT molecular complexity index is 435. The molecule has 0 amide bonds. The van der Waals surface area contributed by atoms with Gasteiger partial charge < -0.3 is 17.0 Å². The minimum atomic E-state index is -1.23. The molecule has 1 rings (SSSR count). The van der Waals surface area contributed by atoms with E-state index in [-0.39, 0.29) is 43.4 Å². The van der Waals surface area contributed by atoms with Crippen molar-refractivity contribution in [2.45, 2.75) is 83.1 Å². The maximum absolute atomic E-state index is 11.5. The van der Waals surface area contributed by atoms with Crippen molar-refractivity contribution >= 4 is 17.8 Å². The summed E-state index contributed by atoms with van der Waals surface area (Å²) < 4.78 is 0. The fourth-order valence-corrected chi connectivity index (χ4v) is 2.92. The Morgan fingerprint density at radius 2 is 1.54 bits per heavy atom. The molecule has 0 aromatic carbocycles. The van der Waals surface area contributed by atoms with Gasteiger partial charge in [0.2, 0.25) is 5.84 Å². The van der Waals surface area contributed by atoms with Crippen LogP contribution in [0.3, 0.4) is 0 Å². The van der Waals surface area contributed by atoms with E-state index in [1.54, 1.807) is 0 Å². The molecule has 134 valence electrons. The van der Waals surface area contributed by atoms with Gasteiger partial charge in [-0.25, -0.2) is 9.59 Å². The number of amidine groups is 1. The number of hydrogen-bond donors (Lipinski definition) is 3. The summed E-state index contributed by atoms with van der Waals surface area (Å²) in [6, 6.07) is 0. The molecule has 0 bridgehead atoms. The third-order valence-corrected chi connectivity index (χ3v) is 4.43. The van der Waals surface area contributed by atoms with Crippen molar-refractivity contribution in [2.24, 2.45) is 4.99 Å². The predicted octanol–water partition coefficient (Wildman–Crippen LogP) is 0.324. The number of hydrogen-bond acceptors (Lipinski definition) is 4. The molecule has 0 aromatic heterocycles. The van der Waals surface area contributed by atoms with Crippen LogP contribution in [0, 0.1) is 0 Å². The molecule has 0 saturated heterocycles. The first kappa shape index (κ1) is 23.4. The van der Waals surface area contributed by atoms with Crippen molar-refractivity contribution in [1.82, 2.24) is 5.32 Å². The van der Waals surface area contributed by atoms with Gasteiger partial charge >= 0.3 is 41.5 Å². The van der Waals surface area contributed by atoms with Gasteiger partial charge in [0.1, 0.15) is 0 Å². The zero-order valence-corrected chi connectivity index (χ0v) is 17.1. The summed E-state index contributed by atoms with van der Waals surface area (Å²) in [7, 11) is 0. The molecule has 0 saturated carbocycles. The SMILES string of the molecule is CCCCCCCCCCCCC1(C(=O)O)CN=C(C(=O)O)N1.[H-].[Na+]. The van der Waals surface area contributed by atoms with Crippen LogP contribution in [0.15, 0.2) is 4.99 Å². The third kappa shape index (κ3) is 7.99. The first-order valence-corrected chi connectivity index (χ1v) is 8.81. The fraction of sp³-hybridized carbons (Fsp3) is 0.824. The van der Waals surface area contributed by atoms with Crippen LogP contribution in [0.2, 0.25) is 0 Å². The minimum absolute atomic E-state index is 0. The molecule has 0 spiro atoms. The molecule has 0 fully saturated rings. The molecule has 1 unspecified atom stereocenters. The van der Waals surface area contributed by atoms with Gasteiger partial charge in [0, 0.05) is 0 Å². The molecule has 3 N–H and O–H groups in total. The predicted molar refractivity (Wildman–Crippen MR) is 91.0 cm³/mol. The number of carbonyl (C=O) groups is 2. The van der Waals surface area contributed by atoms with Crippen LogP contribution < -0.4 is 34.9 Å². The van der Waals surface area contributed by atoms with Crippen LogP contribution in [0.1, 0.15) is 79.0 Å². The number of nitrogens with zero attached hydrogens (tertiary/aromatic N) is 1. The average Bonchev–Trinajstić information content (AvgIpc) is 2.95. The normalized spacial score (nSPS) is 19.3. The van der Waals surface area contributed by atoms with Crippen LogP contribution in [0.4, 0.5) is 0 Å². The van der Waals surface area contributed by atoms with Gasteiger partial charge in [-0.3, -0.25) is 4.99 Å². The van der Waals surface area contributed by atoms with Gasteiger partial charge in [0.15, 0.2) is 5.54 Å². The Kier molecular flexibility index (Phi) is 12.4. The van der Waals surface area contributed by atoms with Crippen molar-refractivity contribution < 1.29 is 50.8 Å². The molecule has 1 aliphatic rings. The number of aliphatic carboxylic acids is 2. The van der Waals surface area contributed by atoms with Crippen LogP contribution in [0.25, 0.3) is 0 Å². The van der Waals surface area contributed by atoms with Crippen LogP contribution in [0.5, 0.6) is 0 Å². The van der Waals surface area contributed by atoms with Crippen LogP contribution in [-0.4, -0.2) is 40.1 Å². The zero-order chi connectivity index (χ0) is 17.1. The number of carboxylic acids is 2. The molecule has 0 radical (unpaired) electrons. The molecular weight excluding hydrogens is 319 g/mol. The van der Waals surface area contributed by atoms with Gasteiger partial charge in [-0.2, -0.15) is 0 Å². The van der Waals surface area contributed by atoms with Crippen molar-refractivity contribution in [3.63, 3.8) is 0 Å². The summed E-state index contributed by atoms with van der Waals surface area (Å²) in [6.45, 7) is 2.22. The quantitative estimate of drug-likeness (QED) is 0.328. The van der Waals surface area contributed by atoms with Crippen LogP contribution >= 0.6 is 0 Å². The average molecular weight is 350 g/mol. The van der Waals surface area contributed by atoms with Crippen molar-refractivity contribution in [3.8, 4) is 0 Å². The number of carboxylic acid groups (broad SMARTS) is 2. The summed E-state index contributed by atoms with van der Waals surface area (Å²) >= 11 is 0. The number of rotatable bonds is 13. The molecule has 1 aliphatic heterocycles. The van der Waals surface area contributed by atoms with Gasteiger partial charge in [-0.05, 0) is 6.42 Å². The van der Waals surface area contributed by atoms with E-state index in [9.17, 15) is 14.7 Å². The van der Waals surface area contributed by atoms with Gasteiger partial charge in [0.05, 0.1) is 6.54 Å². The van der Waals surface area contributed by atoms with E-state index in [1.807, 2.05) is 0 Å². The Morgan fingerprint density at radius 3 is 1.96 bits per heavy atom. The van der Waals surface area contributed by atoms with E-state index < -0.39 is 17.5 Å². The topological polar surface area (TPSA) is 99.0 Å². The van der Waals surface area contributed by atoms with Gasteiger partial charge in [-0.15, -0.1) is 0 Å². The first-order chi connectivity index (χ1) is 11.0. The van der Waals surface area contributed by atoms with E-state index in [2.05, 4.69) is 17.2 Å². The van der Waals surface area contributed by atoms with Crippen molar-refractivity contribution in [3.05, 3.63) is 0 Å². The molecule has 0 aliphatic carbocycles. The minimum Gasteiger partial charge on any atom is -1.00 e. The van der Waals surface area contributed by atoms with Crippen LogP contribution in [-0.2, 0) is 9.59 Å². The molecular formula is C17H31N2NaO4. The van der Waals surface area contributed by atoms with Gasteiger partial charge in [-0.1, -0.05) is 71.1 Å².